The Balaban J connectivity index is 2.99. The quantitative estimate of drug-likeness (QED) is 0.631. The maximum Gasteiger partial charge on any atom is 0.341 e. The van der Waals surface area contributed by atoms with Gasteiger partial charge in [0, 0.05) is 11.8 Å². The van der Waals surface area contributed by atoms with E-state index in [0.29, 0.717) is 23.6 Å². The Bertz CT molecular complexity index is 390. The van der Waals surface area contributed by atoms with Gasteiger partial charge in [0.15, 0.2) is 0 Å². The Morgan fingerprint density at radius 2 is 2.12 bits per heavy atom. The fourth-order valence-electron chi connectivity index (χ4n) is 1.31. The standard InChI is InChI=1S/C13H19NO3/c1-4-9(3)17-12-8-10(14)6-7-11(12)13(15)16-5-2/h6-9H,4-5,14H2,1-3H3. The van der Waals surface area contributed by atoms with E-state index >= 15 is 0 Å². The third-order valence-electron chi connectivity index (χ3n) is 2.40. The molecule has 2 N–H and O–H groups in total. The second kappa shape index (κ2) is 6.13. The molecule has 1 atom stereocenters. The first-order valence-corrected chi connectivity index (χ1v) is 5.81. The second-order valence-electron chi connectivity index (χ2n) is 3.81. The Kier molecular flexibility index (Phi) is 4.82. The van der Waals surface area contributed by atoms with Gasteiger partial charge in [0.05, 0.1) is 12.7 Å². The number of esters is 1. The lowest BCUT2D eigenvalue weighted by atomic mass is 10.1. The van der Waals surface area contributed by atoms with Crippen molar-refractivity contribution in [2.75, 3.05) is 12.3 Å². The van der Waals surface area contributed by atoms with Gasteiger partial charge in [0.2, 0.25) is 0 Å². The molecule has 1 aromatic carbocycles. The summed E-state index contributed by atoms with van der Waals surface area (Å²) in [6.07, 6.45) is 0.891. The van der Waals surface area contributed by atoms with Crippen molar-refractivity contribution in [1.82, 2.24) is 0 Å². The van der Waals surface area contributed by atoms with Crippen LogP contribution in [0, 0.1) is 0 Å². The highest BCUT2D eigenvalue weighted by atomic mass is 16.5. The summed E-state index contributed by atoms with van der Waals surface area (Å²) in [5.74, 6) is 0.101. The Labute approximate surface area is 102 Å². The van der Waals surface area contributed by atoms with E-state index < -0.39 is 0 Å². The molecule has 1 aromatic rings. The minimum Gasteiger partial charge on any atom is -0.490 e. The first kappa shape index (κ1) is 13.4. The molecule has 0 aliphatic rings. The van der Waals surface area contributed by atoms with Crippen molar-refractivity contribution in [3.8, 4) is 5.75 Å². The fraction of sp³-hybridized carbons (Fsp3) is 0.462. The lowest BCUT2D eigenvalue weighted by molar-refractivity contribution is 0.0519. The van der Waals surface area contributed by atoms with E-state index in [-0.39, 0.29) is 12.1 Å². The summed E-state index contributed by atoms with van der Waals surface area (Å²) in [6, 6.07) is 4.94. The van der Waals surface area contributed by atoms with Crippen molar-refractivity contribution < 1.29 is 14.3 Å². The van der Waals surface area contributed by atoms with Gasteiger partial charge >= 0.3 is 5.97 Å². The molecule has 0 spiro atoms. The first-order valence-electron chi connectivity index (χ1n) is 5.81. The molecule has 0 bridgehead atoms. The number of nitrogen functional groups attached to an aromatic ring is 1. The molecule has 0 aromatic heterocycles. The van der Waals surface area contributed by atoms with Crippen LogP contribution in [0.2, 0.25) is 0 Å². The van der Waals surface area contributed by atoms with Crippen molar-refractivity contribution in [3.05, 3.63) is 23.8 Å². The average Bonchev–Trinajstić information content (AvgIpc) is 2.29. The summed E-state index contributed by atoms with van der Waals surface area (Å²) in [5, 5.41) is 0. The molecule has 17 heavy (non-hydrogen) atoms. The van der Waals surface area contributed by atoms with Gasteiger partial charge in [-0.2, -0.15) is 0 Å². The third-order valence-corrected chi connectivity index (χ3v) is 2.40. The lowest BCUT2D eigenvalue weighted by Gasteiger charge is -2.15. The highest BCUT2D eigenvalue weighted by Gasteiger charge is 2.15. The number of anilines is 1. The molecule has 1 unspecified atom stereocenters. The van der Waals surface area contributed by atoms with Gasteiger partial charge in [-0.1, -0.05) is 6.92 Å². The summed E-state index contributed by atoms with van der Waals surface area (Å²) in [5.41, 5.74) is 6.67. The highest BCUT2D eigenvalue weighted by molar-refractivity contribution is 5.93. The number of hydrogen-bond acceptors (Lipinski definition) is 4. The zero-order valence-electron chi connectivity index (χ0n) is 10.5. The fourth-order valence-corrected chi connectivity index (χ4v) is 1.31. The predicted octanol–water partition coefficient (Wildman–Crippen LogP) is 2.62. The number of nitrogens with two attached hydrogens (primary N) is 1. The van der Waals surface area contributed by atoms with Crippen LogP contribution >= 0.6 is 0 Å². The molecule has 0 radical (unpaired) electrons. The van der Waals surface area contributed by atoms with Crippen LogP contribution in [0.1, 0.15) is 37.6 Å². The van der Waals surface area contributed by atoms with Crippen molar-refractivity contribution in [2.24, 2.45) is 0 Å². The van der Waals surface area contributed by atoms with Crippen LogP contribution in [0.5, 0.6) is 5.75 Å². The molecule has 0 aliphatic heterocycles. The van der Waals surface area contributed by atoms with Crippen LogP contribution in [-0.2, 0) is 4.74 Å². The predicted molar refractivity (Wildman–Crippen MR) is 67.2 cm³/mol. The highest BCUT2D eigenvalue weighted by Crippen LogP contribution is 2.24. The minimum absolute atomic E-state index is 0.0324. The molecule has 0 heterocycles. The van der Waals surface area contributed by atoms with E-state index in [1.54, 1.807) is 25.1 Å². The number of ether oxygens (including phenoxy) is 2. The van der Waals surface area contributed by atoms with Gasteiger partial charge in [-0.3, -0.25) is 0 Å². The summed E-state index contributed by atoms with van der Waals surface area (Å²) < 4.78 is 10.6. The number of carbonyl (C=O) groups excluding carboxylic acids is 1. The van der Waals surface area contributed by atoms with Crippen LogP contribution in [0.3, 0.4) is 0 Å². The van der Waals surface area contributed by atoms with Gasteiger partial charge in [-0.15, -0.1) is 0 Å². The number of carbonyl (C=O) groups is 1. The van der Waals surface area contributed by atoms with E-state index in [2.05, 4.69) is 0 Å². The van der Waals surface area contributed by atoms with Gasteiger partial charge in [-0.25, -0.2) is 4.79 Å². The van der Waals surface area contributed by atoms with Crippen LogP contribution in [0.25, 0.3) is 0 Å². The Morgan fingerprint density at radius 3 is 2.71 bits per heavy atom. The second-order valence-corrected chi connectivity index (χ2v) is 3.81. The molecule has 4 nitrogen and oxygen atoms in total. The summed E-state index contributed by atoms with van der Waals surface area (Å²) in [6.45, 7) is 6.06. The van der Waals surface area contributed by atoms with Crippen LogP contribution < -0.4 is 10.5 Å². The molecule has 0 aliphatic carbocycles. The lowest BCUT2D eigenvalue weighted by Crippen LogP contribution is -2.14. The first-order chi connectivity index (χ1) is 8.08. The largest absolute Gasteiger partial charge is 0.490 e. The van der Waals surface area contributed by atoms with Crippen LogP contribution in [-0.4, -0.2) is 18.7 Å². The molecule has 0 saturated carbocycles. The normalized spacial score (nSPS) is 11.9. The van der Waals surface area contributed by atoms with Crippen molar-refractivity contribution in [2.45, 2.75) is 33.3 Å². The molecule has 0 fully saturated rings. The zero-order valence-corrected chi connectivity index (χ0v) is 10.5. The van der Waals surface area contributed by atoms with Gasteiger partial charge < -0.3 is 15.2 Å². The molecule has 0 amide bonds. The third kappa shape index (κ3) is 3.66. The number of benzene rings is 1. The van der Waals surface area contributed by atoms with E-state index in [0.717, 1.165) is 6.42 Å². The topological polar surface area (TPSA) is 61.5 Å². The monoisotopic (exact) mass is 237 g/mol. The van der Waals surface area contributed by atoms with Gasteiger partial charge in [0.25, 0.3) is 0 Å². The summed E-state index contributed by atoms with van der Waals surface area (Å²) in [7, 11) is 0. The van der Waals surface area contributed by atoms with Crippen molar-refractivity contribution >= 4 is 11.7 Å². The SMILES string of the molecule is CCOC(=O)c1ccc(N)cc1OC(C)CC. The molecule has 94 valence electrons. The summed E-state index contributed by atoms with van der Waals surface area (Å²) in [4.78, 5) is 11.7. The summed E-state index contributed by atoms with van der Waals surface area (Å²) >= 11 is 0. The van der Waals surface area contributed by atoms with E-state index in [9.17, 15) is 4.79 Å². The Hall–Kier alpha value is -1.71. The molecular weight excluding hydrogens is 218 g/mol. The van der Waals surface area contributed by atoms with Crippen molar-refractivity contribution in [1.29, 1.82) is 0 Å². The van der Waals surface area contributed by atoms with Crippen molar-refractivity contribution in [3.63, 3.8) is 0 Å². The molecule has 0 saturated heterocycles. The molecular formula is C13H19NO3. The maximum absolute atomic E-state index is 11.7. The smallest absolute Gasteiger partial charge is 0.341 e. The average molecular weight is 237 g/mol. The van der Waals surface area contributed by atoms with Crippen LogP contribution in [0.4, 0.5) is 5.69 Å². The Morgan fingerprint density at radius 1 is 1.41 bits per heavy atom. The molecule has 4 heteroatoms. The van der Waals surface area contributed by atoms with E-state index in [4.69, 9.17) is 15.2 Å². The van der Waals surface area contributed by atoms with Crippen LogP contribution in [0.15, 0.2) is 18.2 Å². The molecule has 1 rings (SSSR count). The zero-order chi connectivity index (χ0) is 12.8. The van der Waals surface area contributed by atoms with E-state index in [1.165, 1.54) is 0 Å². The number of hydrogen-bond donors (Lipinski definition) is 1. The number of rotatable bonds is 5. The minimum atomic E-state index is -0.384. The van der Waals surface area contributed by atoms with E-state index in [1.807, 2.05) is 13.8 Å². The van der Waals surface area contributed by atoms with Gasteiger partial charge in [-0.05, 0) is 32.4 Å². The van der Waals surface area contributed by atoms with Gasteiger partial charge in [0.1, 0.15) is 11.3 Å². The maximum atomic E-state index is 11.7.